The van der Waals surface area contributed by atoms with E-state index in [1.807, 2.05) is 34.5 Å². The quantitative estimate of drug-likeness (QED) is 0.395. The number of carbonyl (C=O) groups is 1. The predicted molar refractivity (Wildman–Crippen MR) is 123 cm³/mol. The SMILES string of the molecule is O=C(CSc1nnc(-c2cccs2)n1Cc1ccccc1)N1CCc2sccc2C1. The van der Waals surface area contributed by atoms with Gasteiger partial charge in [-0.15, -0.1) is 32.9 Å². The van der Waals surface area contributed by atoms with Gasteiger partial charge in [-0.05, 0) is 40.4 Å². The normalized spacial score (nSPS) is 13.4. The number of thiophene rings is 2. The Morgan fingerprint density at radius 2 is 1.93 bits per heavy atom. The van der Waals surface area contributed by atoms with Crippen molar-refractivity contribution in [1.29, 1.82) is 0 Å². The van der Waals surface area contributed by atoms with Crippen LogP contribution in [0.1, 0.15) is 16.0 Å². The van der Waals surface area contributed by atoms with Gasteiger partial charge in [-0.25, -0.2) is 0 Å². The van der Waals surface area contributed by atoms with Crippen LogP contribution >= 0.6 is 34.4 Å². The molecule has 0 bridgehead atoms. The fraction of sp³-hybridized carbons (Fsp3) is 0.227. The topological polar surface area (TPSA) is 51.0 Å². The minimum atomic E-state index is 0.156. The van der Waals surface area contributed by atoms with Crippen LogP contribution in [0.25, 0.3) is 10.7 Å². The zero-order valence-electron chi connectivity index (χ0n) is 16.2. The second-order valence-corrected chi connectivity index (χ2v) is 9.97. The molecule has 4 heterocycles. The fourth-order valence-corrected chi connectivity index (χ4v) is 6.02. The molecule has 152 valence electrons. The second kappa shape index (κ2) is 8.75. The van der Waals surface area contributed by atoms with Gasteiger partial charge >= 0.3 is 0 Å². The van der Waals surface area contributed by atoms with Crippen LogP contribution < -0.4 is 0 Å². The van der Waals surface area contributed by atoms with E-state index in [0.717, 1.165) is 35.4 Å². The third kappa shape index (κ3) is 4.08. The molecule has 1 aliphatic heterocycles. The lowest BCUT2D eigenvalue weighted by molar-refractivity contribution is -0.129. The van der Waals surface area contributed by atoms with Crippen molar-refractivity contribution >= 4 is 40.3 Å². The van der Waals surface area contributed by atoms with Crippen molar-refractivity contribution in [2.75, 3.05) is 12.3 Å². The summed E-state index contributed by atoms with van der Waals surface area (Å²) in [5.41, 5.74) is 2.47. The first-order valence-corrected chi connectivity index (χ1v) is 12.5. The molecule has 1 aromatic carbocycles. The number of hydrogen-bond acceptors (Lipinski definition) is 6. The van der Waals surface area contributed by atoms with Crippen molar-refractivity contribution in [2.45, 2.75) is 24.7 Å². The zero-order valence-corrected chi connectivity index (χ0v) is 18.7. The number of rotatable bonds is 6. The Hall–Kier alpha value is -2.42. The summed E-state index contributed by atoms with van der Waals surface area (Å²) < 4.78 is 2.12. The fourth-order valence-electron chi connectivity index (χ4n) is 3.57. The summed E-state index contributed by atoms with van der Waals surface area (Å²) in [6, 6.07) is 16.5. The molecule has 0 spiro atoms. The van der Waals surface area contributed by atoms with Crippen LogP contribution in [-0.2, 0) is 24.3 Å². The van der Waals surface area contributed by atoms with Crippen molar-refractivity contribution in [1.82, 2.24) is 19.7 Å². The molecule has 1 amide bonds. The van der Waals surface area contributed by atoms with E-state index in [-0.39, 0.29) is 5.91 Å². The molecule has 0 saturated carbocycles. The van der Waals surface area contributed by atoms with Crippen LogP contribution in [0.3, 0.4) is 0 Å². The van der Waals surface area contributed by atoms with Crippen molar-refractivity contribution in [3.8, 4) is 10.7 Å². The summed E-state index contributed by atoms with van der Waals surface area (Å²) in [5.74, 6) is 1.38. The lowest BCUT2D eigenvalue weighted by Gasteiger charge is -2.26. The molecule has 0 saturated heterocycles. The molecular formula is C22H20N4OS3. The van der Waals surface area contributed by atoms with E-state index in [1.54, 1.807) is 22.7 Å². The molecule has 30 heavy (non-hydrogen) atoms. The summed E-state index contributed by atoms with van der Waals surface area (Å²) in [7, 11) is 0. The monoisotopic (exact) mass is 452 g/mol. The van der Waals surface area contributed by atoms with E-state index < -0.39 is 0 Å². The predicted octanol–water partition coefficient (Wildman–Crippen LogP) is 4.79. The maximum Gasteiger partial charge on any atom is 0.233 e. The van der Waals surface area contributed by atoms with Gasteiger partial charge in [-0.1, -0.05) is 48.2 Å². The number of thioether (sulfide) groups is 1. The third-order valence-electron chi connectivity index (χ3n) is 5.13. The van der Waals surface area contributed by atoms with E-state index in [2.05, 4.69) is 44.4 Å². The molecule has 5 rings (SSSR count). The standard InChI is InChI=1S/C22H20N4OS3/c27-20(25-10-8-18-17(14-25)9-12-29-18)15-30-22-24-23-21(19-7-4-11-28-19)26(22)13-16-5-2-1-3-6-16/h1-7,9,11-12H,8,10,13-15H2. The molecule has 0 aliphatic carbocycles. The average Bonchev–Trinajstić information content (AvgIpc) is 3.53. The van der Waals surface area contributed by atoms with Gasteiger partial charge in [-0.2, -0.15) is 0 Å². The van der Waals surface area contributed by atoms with Crippen molar-refractivity contribution < 1.29 is 4.79 Å². The summed E-state index contributed by atoms with van der Waals surface area (Å²) in [6.07, 6.45) is 0.954. The van der Waals surface area contributed by atoms with E-state index in [4.69, 9.17) is 0 Å². The van der Waals surface area contributed by atoms with Gasteiger partial charge in [0.2, 0.25) is 5.91 Å². The molecule has 0 N–H and O–H groups in total. The third-order valence-corrected chi connectivity index (χ3v) is 7.97. The first-order chi connectivity index (χ1) is 14.8. The molecular weight excluding hydrogens is 432 g/mol. The number of aromatic nitrogens is 3. The summed E-state index contributed by atoms with van der Waals surface area (Å²) >= 11 is 4.91. The maximum atomic E-state index is 12.9. The smallest absolute Gasteiger partial charge is 0.233 e. The Morgan fingerprint density at radius 1 is 1.03 bits per heavy atom. The zero-order chi connectivity index (χ0) is 20.3. The minimum absolute atomic E-state index is 0.156. The number of benzene rings is 1. The van der Waals surface area contributed by atoms with Crippen LogP contribution in [0.15, 0.2) is 64.4 Å². The number of carbonyl (C=O) groups excluding carboxylic acids is 1. The highest BCUT2D eigenvalue weighted by Gasteiger charge is 2.23. The van der Waals surface area contributed by atoms with Crippen molar-refractivity contribution in [3.63, 3.8) is 0 Å². The van der Waals surface area contributed by atoms with Crippen molar-refractivity contribution in [3.05, 3.63) is 75.3 Å². The summed E-state index contributed by atoms with van der Waals surface area (Å²) in [6.45, 7) is 2.19. The highest BCUT2D eigenvalue weighted by molar-refractivity contribution is 7.99. The molecule has 5 nitrogen and oxygen atoms in total. The van der Waals surface area contributed by atoms with Gasteiger partial charge in [0.1, 0.15) is 0 Å². The molecule has 4 aromatic rings. The van der Waals surface area contributed by atoms with Gasteiger partial charge in [-0.3, -0.25) is 9.36 Å². The molecule has 0 radical (unpaired) electrons. The summed E-state index contributed by atoms with van der Waals surface area (Å²) in [4.78, 5) is 17.3. The molecule has 0 fully saturated rings. The van der Waals surface area contributed by atoms with Gasteiger partial charge in [0.15, 0.2) is 11.0 Å². The maximum absolute atomic E-state index is 12.9. The van der Waals surface area contributed by atoms with E-state index in [9.17, 15) is 4.79 Å². The molecule has 3 aromatic heterocycles. The first-order valence-electron chi connectivity index (χ1n) is 9.75. The minimum Gasteiger partial charge on any atom is -0.337 e. The lowest BCUT2D eigenvalue weighted by atomic mass is 10.1. The van der Waals surface area contributed by atoms with Gasteiger partial charge in [0, 0.05) is 18.0 Å². The van der Waals surface area contributed by atoms with E-state index in [0.29, 0.717) is 12.3 Å². The molecule has 8 heteroatoms. The molecule has 0 unspecified atom stereocenters. The largest absolute Gasteiger partial charge is 0.337 e. The van der Waals surface area contributed by atoms with Crippen LogP contribution in [0.2, 0.25) is 0 Å². The average molecular weight is 453 g/mol. The Bertz CT molecular complexity index is 1130. The Labute approximate surface area is 187 Å². The van der Waals surface area contributed by atoms with Crippen LogP contribution in [0.4, 0.5) is 0 Å². The van der Waals surface area contributed by atoms with Crippen LogP contribution in [0.5, 0.6) is 0 Å². The van der Waals surface area contributed by atoms with Gasteiger partial charge < -0.3 is 4.90 Å². The van der Waals surface area contributed by atoms with E-state index in [1.165, 1.54) is 27.8 Å². The number of hydrogen-bond donors (Lipinski definition) is 0. The van der Waals surface area contributed by atoms with Crippen molar-refractivity contribution in [2.24, 2.45) is 0 Å². The second-order valence-electron chi connectivity index (χ2n) is 7.08. The molecule has 0 atom stereocenters. The highest BCUT2D eigenvalue weighted by Crippen LogP contribution is 2.29. The summed E-state index contributed by atoms with van der Waals surface area (Å²) in [5, 5.41) is 13.8. The Kier molecular flexibility index (Phi) is 5.70. The van der Waals surface area contributed by atoms with Crippen LogP contribution in [-0.4, -0.2) is 37.9 Å². The van der Waals surface area contributed by atoms with Gasteiger partial charge in [0.25, 0.3) is 0 Å². The number of amides is 1. The van der Waals surface area contributed by atoms with Gasteiger partial charge in [0.05, 0.1) is 17.2 Å². The Morgan fingerprint density at radius 3 is 2.77 bits per heavy atom. The van der Waals surface area contributed by atoms with E-state index >= 15 is 0 Å². The lowest BCUT2D eigenvalue weighted by Crippen LogP contribution is -2.36. The highest BCUT2D eigenvalue weighted by atomic mass is 32.2. The number of nitrogens with zero attached hydrogens (tertiary/aromatic N) is 4. The number of fused-ring (bicyclic) bond motifs is 1. The Balaban J connectivity index is 1.33. The molecule has 1 aliphatic rings. The first kappa shape index (κ1) is 19.5. The van der Waals surface area contributed by atoms with Crippen LogP contribution in [0, 0.1) is 0 Å².